The van der Waals surface area contributed by atoms with Gasteiger partial charge in [0.2, 0.25) is 0 Å². The second-order valence-corrected chi connectivity index (χ2v) is 4.32. The minimum absolute atomic E-state index is 0.102. The van der Waals surface area contributed by atoms with E-state index in [1.165, 1.54) is 13.3 Å². The summed E-state index contributed by atoms with van der Waals surface area (Å²) in [6.45, 7) is 5.18. The van der Waals surface area contributed by atoms with Gasteiger partial charge in [-0.15, -0.1) is 6.58 Å². The van der Waals surface area contributed by atoms with E-state index in [1.54, 1.807) is 17.2 Å². The summed E-state index contributed by atoms with van der Waals surface area (Å²) in [5, 5.41) is 2.74. The second kappa shape index (κ2) is 6.74. The zero-order valence-electron chi connectivity index (χ0n) is 11.4. The summed E-state index contributed by atoms with van der Waals surface area (Å²) in [5.41, 5.74) is 0. The molecule has 0 aromatic carbocycles. The van der Waals surface area contributed by atoms with Crippen LogP contribution in [0.15, 0.2) is 25.0 Å². The van der Waals surface area contributed by atoms with Gasteiger partial charge in [-0.25, -0.2) is 14.8 Å². The van der Waals surface area contributed by atoms with E-state index in [-0.39, 0.29) is 12.1 Å². The van der Waals surface area contributed by atoms with Crippen molar-refractivity contribution in [2.45, 2.75) is 12.5 Å². The Bertz CT molecular complexity index is 480. The molecule has 0 saturated carbocycles. The molecule has 1 aliphatic rings. The molecule has 1 unspecified atom stereocenters. The van der Waals surface area contributed by atoms with Gasteiger partial charge in [0.05, 0.1) is 13.7 Å². The van der Waals surface area contributed by atoms with E-state index in [0.29, 0.717) is 31.4 Å². The summed E-state index contributed by atoms with van der Waals surface area (Å²) in [7, 11) is 1.51. The summed E-state index contributed by atoms with van der Waals surface area (Å²) >= 11 is 0. The second-order valence-electron chi connectivity index (χ2n) is 4.32. The number of ether oxygens (including phenoxy) is 2. The number of hydrogen-bond donors (Lipinski definition) is 1. The van der Waals surface area contributed by atoms with E-state index in [4.69, 9.17) is 9.47 Å². The lowest BCUT2D eigenvalue weighted by Gasteiger charge is -2.17. The number of nitrogens with one attached hydrogen (secondary N) is 1. The summed E-state index contributed by atoms with van der Waals surface area (Å²) < 4.78 is 10.8. The molecule has 1 saturated heterocycles. The van der Waals surface area contributed by atoms with Crippen molar-refractivity contribution >= 4 is 6.03 Å². The van der Waals surface area contributed by atoms with Crippen molar-refractivity contribution in [3.63, 3.8) is 0 Å². The minimum Gasteiger partial charge on any atom is -0.477 e. The number of urea groups is 1. The molecule has 7 nitrogen and oxygen atoms in total. The van der Waals surface area contributed by atoms with Gasteiger partial charge in [0.25, 0.3) is 11.8 Å². The molecule has 1 aromatic rings. The SMILES string of the molecule is C=CCNC(=O)N1CCC(Oc2nccnc2OC)C1. The molecule has 1 N–H and O–H groups in total. The molecule has 0 bridgehead atoms. The first-order chi connectivity index (χ1) is 9.74. The molecule has 1 fully saturated rings. The highest BCUT2D eigenvalue weighted by atomic mass is 16.5. The first-order valence-electron chi connectivity index (χ1n) is 6.40. The molecule has 2 heterocycles. The lowest BCUT2D eigenvalue weighted by molar-refractivity contribution is 0.177. The fourth-order valence-corrected chi connectivity index (χ4v) is 1.97. The summed E-state index contributed by atoms with van der Waals surface area (Å²) in [4.78, 5) is 21.6. The van der Waals surface area contributed by atoms with Gasteiger partial charge in [0, 0.05) is 31.9 Å². The van der Waals surface area contributed by atoms with Gasteiger partial charge in [0.15, 0.2) is 0 Å². The Morgan fingerprint density at radius 3 is 3.00 bits per heavy atom. The van der Waals surface area contributed by atoms with Crippen LogP contribution in [0.25, 0.3) is 0 Å². The monoisotopic (exact) mass is 278 g/mol. The Morgan fingerprint density at radius 2 is 2.30 bits per heavy atom. The molecule has 108 valence electrons. The van der Waals surface area contributed by atoms with Crippen LogP contribution < -0.4 is 14.8 Å². The molecule has 0 aliphatic carbocycles. The van der Waals surface area contributed by atoms with E-state index in [0.717, 1.165) is 6.42 Å². The van der Waals surface area contributed by atoms with E-state index < -0.39 is 0 Å². The van der Waals surface area contributed by atoms with Crippen LogP contribution in [0.2, 0.25) is 0 Å². The van der Waals surface area contributed by atoms with Crippen LogP contribution >= 0.6 is 0 Å². The molecule has 1 atom stereocenters. The molecular formula is C13H18N4O3. The fourth-order valence-electron chi connectivity index (χ4n) is 1.97. The quantitative estimate of drug-likeness (QED) is 0.807. The molecule has 1 aromatic heterocycles. The molecule has 7 heteroatoms. The predicted molar refractivity (Wildman–Crippen MR) is 72.8 cm³/mol. The van der Waals surface area contributed by atoms with Crippen LogP contribution in [0, 0.1) is 0 Å². The predicted octanol–water partition coefficient (Wildman–Crippen LogP) is 0.834. The molecule has 0 spiro atoms. The van der Waals surface area contributed by atoms with E-state index in [1.807, 2.05) is 0 Å². The standard InChI is InChI=1S/C13H18N4O3/c1-3-5-16-13(18)17-8-4-10(9-17)20-12-11(19-2)14-6-7-15-12/h3,6-7,10H,1,4-5,8-9H2,2H3,(H,16,18). The third kappa shape index (κ3) is 3.37. The number of aromatic nitrogens is 2. The van der Waals surface area contributed by atoms with Crippen molar-refractivity contribution in [2.75, 3.05) is 26.7 Å². The molecule has 0 radical (unpaired) electrons. The Hall–Kier alpha value is -2.31. The van der Waals surface area contributed by atoms with Crippen molar-refractivity contribution in [2.24, 2.45) is 0 Å². The minimum atomic E-state index is -0.109. The molecular weight excluding hydrogens is 260 g/mol. The van der Waals surface area contributed by atoms with Crippen LogP contribution in [0.5, 0.6) is 11.8 Å². The van der Waals surface area contributed by atoms with Gasteiger partial charge >= 0.3 is 6.03 Å². The first-order valence-corrected chi connectivity index (χ1v) is 6.40. The van der Waals surface area contributed by atoms with Crippen LogP contribution in [0.3, 0.4) is 0 Å². The van der Waals surface area contributed by atoms with Gasteiger partial charge in [-0.3, -0.25) is 0 Å². The number of amides is 2. The molecule has 20 heavy (non-hydrogen) atoms. The molecule has 2 rings (SSSR count). The number of rotatable bonds is 5. The van der Waals surface area contributed by atoms with Crippen molar-refractivity contribution in [1.29, 1.82) is 0 Å². The van der Waals surface area contributed by atoms with Gasteiger partial charge in [-0.1, -0.05) is 6.08 Å². The van der Waals surface area contributed by atoms with E-state index in [9.17, 15) is 4.79 Å². The number of likely N-dealkylation sites (tertiary alicyclic amines) is 1. The maximum Gasteiger partial charge on any atom is 0.317 e. The Morgan fingerprint density at radius 1 is 1.55 bits per heavy atom. The zero-order chi connectivity index (χ0) is 14.4. The summed E-state index contributed by atoms with van der Waals surface area (Å²) in [5.74, 6) is 0.704. The van der Waals surface area contributed by atoms with Crippen LogP contribution in [0.1, 0.15) is 6.42 Å². The summed E-state index contributed by atoms with van der Waals surface area (Å²) in [6.07, 6.45) is 5.37. The van der Waals surface area contributed by atoms with Gasteiger partial charge in [-0.2, -0.15) is 0 Å². The highest BCUT2D eigenvalue weighted by molar-refractivity contribution is 5.74. The van der Waals surface area contributed by atoms with Crippen molar-refractivity contribution in [1.82, 2.24) is 20.2 Å². The fraction of sp³-hybridized carbons (Fsp3) is 0.462. The van der Waals surface area contributed by atoms with E-state index >= 15 is 0 Å². The van der Waals surface area contributed by atoms with E-state index in [2.05, 4.69) is 21.9 Å². The van der Waals surface area contributed by atoms with Crippen LogP contribution in [-0.4, -0.2) is 53.7 Å². The average Bonchev–Trinajstić information content (AvgIpc) is 2.94. The normalized spacial score (nSPS) is 17.6. The molecule has 2 amide bonds. The highest BCUT2D eigenvalue weighted by Crippen LogP contribution is 2.23. The van der Waals surface area contributed by atoms with Crippen LogP contribution in [-0.2, 0) is 0 Å². The lowest BCUT2D eigenvalue weighted by Crippen LogP contribution is -2.39. The topological polar surface area (TPSA) is 76.6 Å². The van der Waals surface area contributed by atoms with Crippen molar-refractivity contribution in [3.05, 3.63) is 25.0 Å². The summed E-state index contributed by atoms with van der Waals surface area (Å²) in [6, 6.07) is -0.109. The smallest absolute Gasteiger partial charge is 0.317 e. The average molecular weight is 278 g/mol. The Balaban J connectivity index is 1.90. The third-order valence-electron chi connectivity index (χ3n) is 2.93. The lowest BCUT2D eigenvalue weighted by atomic mass is 10.3. The zero-order valence-corrected chi connectivity index (χ0v) is 11.4. The Labute approximate surface area is 117 Å². The van der Waals surface area contributed by atoms with Gasteiger partial charge in [0.1, 0.15) is 6.10 Å². The maximum absolute atomic E-state index is 11.8. The van der Waals surface area contributed by atoms with Gasteiger partial charge in [-0.05, 0) is 0 Å². The van der Waals surface area contributed by atoms with Crippen LogP contribution in [0.4, 0.5) is 4.79 Å². The van der Waals surface area contributed by atoms with Gasteiger partial charge < -0.3 is 19.7 Å². The first kappa shape index (κ1) is 14.1. The maximum atomic E-state index is 11.8. The third-order valence-corrected chi connectivity index (χ3v) is 2.93. The number of carbonyl (C=O) groups is 1. The number of methoxy groups -OCH3 is 1. The van der Waals surface area contributed by atoms with Crippen molar-refractivity contribution < 1.29 is 14.3 Å². The largest absolute Gasteiger partial charge is 0.477 e. The number of nitrogens with zero attached hydrogens (tertiary/aromatic N) is 3. The number of carbonyl (C=O) groups excluding carboxylic acids is 1. The molecule has 1 aliphatic heterocycles. The number of hydrogen-bond acceptors (Lipinski definition) is 5. The highest BCUT2D eigenvalue weighted by Gasteiger charge is 2.28. The Kier molecular flexibility index (Phi) is 4.75. The van der Waals surface area contributed by atoms with Crippen molar-refractivity contribution in [3.8, 4) is 11.8 Å².